The standard InChI is InChI=1S/C14H16O5/c1-9(3-6-14(18)19-2)7-13(17)11-8-10(15)4-5-12(11)16/h4-5,7-8,15-16H,3,6H2,1-2H3. The minimum absolute atomic E-state index is 0.0254. The molecule has 102 valence electrons. The molecule has 0 bridgehead atoms. The molecule has 0 heterocycles. The van der Waals surface area contributed by atoms with Crippen LogP contribution in [0.2, 0.25) is 0 Å². The molecule has 2 N–H and O–H groups in total. The first-order chi connectivity index (χ1) is 8.93. The molecule has 0 radical (unpaired) electrons. The maximum atomic E-state index is 11.9. The molecule has 0 atom stereocenters. The van der Waals surface area contributed by atoms with E-state index < -0.39 is 5.78 Å². The summed E-state index contributed by atoms with van der Waals surface area (Å²) in [5.74, 6) is -1.06. The van der Waals surface area contributed by atoms with Gasteiger partial charge in [0.15, 0.2) is 5.78 Å². The van der Waals surface area contributed by atoms with Gasteiger partial charge in [-0.25, -0.2) is 0 Å². The second-order valence-corrected chi connectivity index (χ2v) is 4.13. The number of ketones is 1. The van der Waals surface area contributed by atoms with E-state index in [-0.39, 0.29) is 29.5 Å². The number of hydrogen-bond donors (Lipinski definition) is 2. The molecule has 1 rings (SSSR count). The molecule has 0 aliphatic heterocycles. The van der Waals surface area contributed by atoms with E-state index in [0.717, 1.165) is 0 Å². The van der Waals surface area contributed by atoms with Gasteiger partial charge >= 0.3 is 5.97 Å². The molecule has 0 saturated carbocycles. The van der Waals surface area contributed by atoms with Crippen LogP contribution < -0.4 is 0 Å². The number of esters is 1. The van der Waals surface area contributed by atoms with Crippen LogP contribution in [-0.2, 0) is 9.53 Å². The zero-order valence-electron chi connectivity index (χ0n) is 10.8. The Morgan fingerprint density at radius 2 is 1.95 bits per heavy atom. The lowest BCUT2D eigenvalue weighted by Crippen LogP contribution is -2.01. The number of aromatic hydroxyl groups is 2. The average Bonchev–Trinajstić information content (AvgIpc) is 2.38. The van der Waals surface area contributed by atoms with Crippen LogP contribution in [0.25, 0.3) is 0 Å². The Morgan fingerprint density at radius 3 is 2.58 bits per heavy atom. The molecule has 0 spiro atoms. The lowest BCUT2D eigenvalue weighted by atomic mass is 10.0. The Balaban J connectivity index is 2.77. The Kier molecular flexibility index (Phi) is 5.11. The van der Waals surface area contributed by atoms with Crippen LogP contribution in [0.1, 0.15) is 30.1 Å². The van der Waals surface area contributed by atoms with Crippen LogP contribution >= 0.6 is 0 Å². The van der Waals surface area contributed by atoms with Gasteiger partial charge < -0.3 is 14.9 Å². The molecule has 0 aliphatic rings. The van der Waals surface area contributed by atoms with Crippen molar-refractivity contribution in [2.24, 2.45) is 0 Å². The third-order valence-corrected chi connectivity index (χ3v) is 2.57. The SMILES string of the molecule is COC(=O)CCC(C)=CC(=O)c1cc(O)ccc1O. The molecule has 1 aromatic carbocycles. The Hall–Kier alpha value is -2.30. The largest absolute Gasteiger partial charge is 0.508 e. The second-order valence-electron chi connectivity index (χ2n) is 4.13. The fourth-order valence-corrected chi connectivity index (χ4v) is 1.50. The van der Waals surface area contributed by atoms with Crippen molar-refractivity contribution >= 4 is 11.8 Å². The van der Waals surface area contributed by atoms with Gasteiger partial charge in [-0.3, -0.25) is 9.59 Å². The fourth-order valence-electron chi connectivity index (χ4n) is 1.50. The van der Waals surface area contributed by atoms with Crippen molar-refractivity contribution in [3.05, 3.63) is 35.4 Å². The summed E-state index contributed by atoms with van der Waals surface area (Å²) in [7, 11) is 1.30. The van der Waals surface area contributed by atoms with E-state index in [9.17, 15) is 19.8 Å². The smallest absolute Gasteiger partial charge is 0.305 e. The van der Waals surface area contributed by atoms with Gasteiger partial charge in [0.2, 0.25) is 0 Å². The molecule has 0 fully saturated rings. The lowest BCUT2D eigenvalue weighted by Gasteiger charge is -2.03. The zero-order chi connectivity index (χ0) is 14.4. The first kappa shape index (κ1) is 14.8. The first-order valence-electron chi connectivity index (χ1n) is 5.74. The molecular weight excluding hydrogens is 248 g/mol. The van der Waals surface area contributed by atoms with E-state index in [2.05, 4.69) is 4.74 Å². The van der Waals surface area contributed by atoms with E-state index in [0.29, 0.717) is 12.0 Å². The molecule has 0 unspecified atom stereocenters. The second kappa shape index (κ2) is 6.58. The maximum Gasteiger partial charge on any atom is 0.305 e. The Bertz CT molecular complexity index is 517. The number of carbonyl (C=O) groups excluding carboxylic acids is 2. The summed E-state index contributed by atoms with van der Waals surface area (Å²) in [4.78, 5) is 22.8. The minimum atomic E-state index is -0.421. The molecule has 0 aliphatic carbocycles. The van der Waals surface area contributed by atoms with Crippen LogP contribution in [0.4, 0.5) is 0 Å². The third-order valence-electron chi connectivity index (χ3n) is 2.57. The van der Waals surface area contributed by atoms with Crippen molar-refractivity contribution in [1.29, 1.82) is 0 Å². The van der Waals surface area contributed by atoms with Crippen LogP contribution in [0, 0.1) is 0 Å². The predicted molar refractivity (Wildman–Crippen MR) is 69.1 cm³/mol. The number of allylic oxidation sites excluding steroid dienone is 2. The highest BCUT2D eigenvalue weighted by atomic mass is 16.5. The number of rotatable bonds is 5. The maximum absolute atomic E-state index is 11.9. The van der Waals surface area contributed by atoms with Crippen LogP contribution in [0.5, 0.6) is 11.5 Å². The van der Waals surface area contributed by atoms with Crippen molar-refractivity contribution in [2.75, 3.05) is 7.11 Å². The van der Waals surface area contributed by atoms with Gasteiger partial charge in [-0.1, -0.05) is 5.57 Å². The van der Waals surface area contributed by atoms with Crippen molar-refractivity contribution in [2.45, 2.75) is 19.8 Å². The minimum Gasteiger partial charge on any atom is -0.508 e. The Labute approximate surface area is 111 Å². The van der Waals surface area contributed by atoms with E-state index in [4.69, 9.17) is 0 Å². The van der Waals surface area contributed by atoms with Crippen molar-refractivity contribution < 1.29 is 24.5 Å². The summed E-state index contributed by atoms with van der Waals surface area (Å²) in [6.07, 6.45) is 1.92. The molecule has 5 nitrogen and oxygen atoms in total. The first-order valence-corrected chi connectivity index (χ1v) is 5.74. The number of ether oxygens (including phenoxy) is 1. The molecule has 0 amide bonds. The molecule has 1 aromatic rings. The summed E-state index contributed by atoms with van der Waals surface area (Å²) < 4.78 is 4.50. The monoisotopic (exact) mass is 264 g/mol. The van der Waals surface area contributed by atoms with E-state index >= 15 is 0 Å². The molecule has 5 heteroatoms. The number of benzene rings is 1. The molecule has 19 heavy (non-hydrogen) atoms. The zero-order valence-corrected chi connectivity index (χ0v) is 10.8. The highest BCUT2D eigenvalue weighted by Crippen LogP contribution is 2.23. The predicted octanol–water partition coefficient (Wildman–Crippen LogP) is 2.18. The topological polar surface area (TPSA) is 83.8 Å². The van der Waals surface area contributed by atoms with Crippen LogP contribution in [0.3, 0.4) is 0 Å². The molecule has 0 aromatic heterocycles. The number of phenols is 2. The normalized spacial score (nSPS) is 11.2. The van der Waals surface area contributed by atoms with E-state index in [1.165, 1.54) is 31.4 Å². The lowest BCUT2D eigenvalue weighted by molar-refractivity contribution is -0.140. The highest BCUT2D eigenvalue weighted by molar-refractivity contribution is 6.07. The van der Waals surface area contributed by atoms with Gasteiger partial charge in [-0.05, 0) is 37.6 Å². The number of hydrogen-bond acceptors (Lipinski definition) is 5. The molecule has 0 saturated heterocycles. The Morgan fingerprint density at radius 1 is 1.26 bits per heavy atom. The number of phenolic OH excluding ortho intramolecular Hbond substituents is 2. The summed E-state index contributed by atoms with van der Waals surface area (Å²) in [6, 6.07) is 3.74. The fraction of sp³-hybridized carbons (Fsp3) is 0.286. The van der Waals surface area contributed by atoms with Gasteiger partial charge in [-0.15, -0.1) is 0 Å². The van der Waals surface area contributed by atoms with Crippen molar-refractivity contribution in [3.63, 3.8) is 0 Å². The number of carbonyl (C=O) groups is 2. The highest BCUT2D eigenvalue weighted by Gasteiger charge is 2.10. The van der Waals surface area contributed by atoms with Crippen molar-refractivity contribution in [3.8, 4) is 11.5 Å². The van der Waals surface area contributed by atoms with E-state index in [1.807, 2.05) is 0 Å². The van der Waals surface area contributed by atoms with Gasteiger partial charge in [0.25, 0.3) is 0 Å². The average molecular weight is 264 g/mol. The van der Waals surface area contributed by atoms with Crippen LogP contribution in [-0.4, -0.2) is 29.1 Å². The number of methoxy groups -OCH3 is 1. The van der Waals surface area contributed by atoms with Gasteiger partial charge in [0, 0.05) is 6.42 Å². The van der Waals surface area contributed by atoms with Crippen molar-refractivity contribution in [1.82, 2.24) is 0 Å². The van der Waals surface area contributed by atoms with Gasteiger partial charge in [0.05, 0.1) is 12.7 Å². The van der Waals surface area contributed by atoms with Gasteiger partial charge in [0.1, 0.15) is 11.5 Å². The van der Waals surface area contributed by atoms with Gasteiger partial charge in [-0.2, -0.15) is 0 Å². The third kappa shape index (κ3) is 4.46. The molecular formula is C14H16O5. The summed E-state index contributed by atoms with van der Waals surface area (Å²) in [6.45, 7) is 1.71. The summed E-state index contributed by atoms with van der Waals surface area (Å²) >= 11 is 0. The van der Waals surface area contributed by atoms with Crippen LogP contribution in [0.15, 0.2) is 29.8 Å². The quantitative estimate of drug-likeness (QED) is 0.368. The van der Waals surface area contributed by atoms with E-state index in [1.54, 1.807) is 6.92 Å². The summed E-state index contributed by atoms with van der Waals surface area (Å²) in [5, 5.41) is 18.8. The summed E-state index contributed by atoms with van der Waals surface area (Å²) in [5.41, 5.74) is 0.718.